The highest BCUT2D eigenvalue weighted by molar-refractivity contribution is 5.92. The summed E-state index contributed by atoms with van der Waals surface area (Å²) in [5, 5.41) is 29.2. The van der Waals surface area contributed by atoms with Crippen LogP contribution in [0.4, 0.5) is 5.69 Å². The van der Waals surface area contributed by atoms with Gasteiger partial charge in [-0.15, -0.1) is 0 Å². The second kappa shape index (κ2) is 15.0. The van der Waals surface area contributed by atoms with Gasteiger partial charge < -0.3 is 32.5 Å². The van der Waals surface area contributed by atoms with E-state index >= 15 is 0 Å². The van der Waals surface area contributed by atoms with Gasteiger partial charge in [-0.3, -0.25) is 29.5 Å². The van der Waals surface area contributed by atoms with Gasteiger partial charge in [0.15, 0.2) is 5.96 Å². The number of nitro groups is 1. The normalized spacial score (nSPS) is 13.7. The fourth-order valence-corrected chi connectivity index (χ4v) is 3.70. The monoisotopic (exact) mass is 541 g/mol. The van der Waals surface area contributed by atoms with E-state index in [2.05, 4.69) is 20.9 Å². The summed E-state index contributed by atoms with van der Waals surface area (Å²) in [5.41, 5.74) is 11.8. The molecule has 0 bridgehead atoms. The van der Waals surface area contributed by atoms with Crippen LogP contribution in [0.2, 0.25) is 0 Å². The third-order valence-corrected chi connectivity index (χ3v) is 5.82. The molecule has 0 aromatic heterocycles. The summed E-state index contributed by atoms with van der Waals surface area (Å²) in [6, 6.07) is 11.9. The topological polar surface area (TPSA) is 215 Å². The Kier molecular flexibility index (Phi) is 11.8. The summed E-state index contributed by atoms with van der Waals surface area (Å²) in [6.07, 6.45) is -0.911. The number of nitrogens with two attached hydrogens (primary N) is 2. The molecule has 13 heteroatoms. The lowest BCUT2D eigenvalue weighted by Crippen LogP contribution is -2.57. The average Bonchev–Trinajstić information content (AvgIpc) is 2.89. The Morgan fingerprint density at radius 3 is 2.18 bits per heavy atom. The van der Waals surface area contributed by atoms with Crippen LogP contribution in [0.25, 0.3) is 0 Å². The van der Waals surface area contributed by atoms with Crippen molar-refractivity contribution in [1.82, 2.24) is 16.0 Å². The minimum Gasteiger partial charge on any atom is -0.391 e. The van der Waals surface area contributed by atoms with Crippen molar-refractivity contribution in [2.24, 2.45) is 16.5 Å². The first-order chi connectivity index (χ1) is 18.5. The zero-order valence-corrected chi connectivity index (χ0v) is 21.9. The molecule has 4 atom stereocenters. The molecule has 0 aliphatic rings. The number of guanidine groups is 1. The second-order valence-corrected chi connectivity index (χ2v) is 9.03. The van der Waals surface area contributed by atoms with Crippen molar-refractivity contribution in [2.75, 3.05) is 6.54 Å². The van der Waals surface area contributed by atoms with Gasteiger partial charge in [0.25, 0.3) is 5.69 Å². The Morgan fingerprint density at radius 1 is 0.974 bits per heavy atom. The van der Waals surface area contributed by atoms with Crippen LogP contribution in [0, 0.1) is 10.1 Å². The van der Waals surface area contributed by atoms with E-state index < -0.39 is 46.9 Å². The molecule has 1 unspecified atom stereocenters. The summed E-state index contributed by atoms with van der Waals surface area (Å²) in [5.74, 6) is -1.87. The molecule has 39 heavy (non-hydrogen) atoms. The lowest BCUT2D eigenvalue weighted by atomic mass is 10.0. The molecule has 210 valence electrons. The van der Waals surface area contributed by atoms with E-state index in [0.717, 1.165) is 5.56 Å². The van der Waals surface area contributed by atoms with Crippen molar-refractivity contribution in [3.05, 3.63) is 75.8 Å². The predicted molar refractivity (Wildman–Crippen MR) is 145 cm³/mol. The van der Waals surface area contributed by atoms with Crippen LogP contribution in [-0.4, -0.2) is 58.4 Å². The second-order valence-electron chi connectivity index (χ2n) is 9.03. The summed E-state index contributed by atoms with van der Waals surface area (Å²) in [7, 11) is 0. The highest BCUT2D eigenvalue weighted by Gasteiger charge is 2.30. The van der Waals surface area contributed by atoms with Crippen LogP contribution < -0.4 is 27.4 Å². The van der Waals surface area contributed by atoms with Crippen LogP contribution >= 0.6 is 0 Å². The van der Waals surface area contributed by atoms with E-state index in [1.54, 1.807) is 6.92 Å². The first-order valence-corrected chi connectivity index (χ1v) is 12.4. The Hall–Kier alpha value is -4.52. The van der Waals surface area contributed by atoms with Crippen molar-refractivity contribution < 1.29 is 24.4 Å². The largest absolute Gasteiger partial charge is 0.391 e. The van der Waals surface area contributed by atoms with Crippen molar-refractivity contribution in [3.8, 4) is 0 Å². The Balaban J connectivity index is 2.16. The van der Waals surface area contributed by atoms with Gasteiger partial charge in [0.2, 0.25) is 17.7 Å². The van der Waals surface area contributed by atoms with Crippen LogP contribution in [0.1, 0.15) is 43.9 Å². The molecule has 3 amide bonds. The lowest BCUT2D eigenvalue weighted by molar-refractivity contribution is -0.384. The molecule has 2 aromatic carbocycles. The Labute approximate surface area is 226 Å². The number of benzene rings is 2. The third-order valence-electron chi connectivity index (χ3n) is 5.82. The number of hydrogen-bond acceptors (Lipinski definition) is 7. The van der Waals surface area contributed by atoms with Crippen LogP contribution in [0.3, 0.4) is 0 Å². The van der Waals surface area contributed by atoms with E-state index in [0.29, 0.717) is 12.0 Å². The van der Waals surface area contributed by atoms with Gasteiger partial charge in [-0.25, -0.2) is 0 Å². The molecule has 2 rings (SSSR count). The molecule has 0 spiro atoms. The van der Waals surface area contributed by atoms with E-state index in [1.807, 2.05) is 30.3 Å². The fraction of sp³-hybridized carbons (Fsp3) is 0.385. The van der Waals surface area contributed by atoms with Gasteiger partial charge in [0.05, 0.1) is 17.1 Å². The highest BCUT2D eigenvalue weighted by atomic mass is 16.6. The van der Waals surface area contributed by atoms with Crippen LogP contribution in [0.15, 0.2) is 59.6 Å². The van der Waals surface area contributed by atoms with Gasteiger partial charge in [-0.1, -0.05) is 42.5 Å². The van der Waals surface area contributed by atoms with Gasteiger partial charge in [-0.2, -0.15) is 0 Å². The molecule has 0 saturated carbocycles. The Morgan fingerprint density at radius 2 is 1.62 bits per heavy atom. The number of aliphatic hydroxyl groups excluding tert-OH is 1. The number of carbonyl (C=O) groups is 3. The van der Waals surface area contributed by atoms with Crippen LogP contribution in [0.5, 0.6) is 0 Å². The van der Waals surface area contributed by atoms with Gasteiger partial charge in [0, 0.05) is 31.5 Å². The van der Waals surface area contributed by atoms with E-state index in [9.17, 15) is 29.6 Å². The SMILES string of the molecule is CC(O)[C@H](NC(=O)[C@H](Cc1ccc([N+](=O)[O-])cc1)NC(=O)CCCN=C(N)N)C(=O)N[C@H](C)c1ccccc1. The number of nitrogens with zero attached hydrogens (tertiary/aromatic N) is 2. The van der Waals surface area contributed by atoms with Crippen molar-refractivity contribution in [3.63, 3.8) is 0 Å². The van der Waals surface area contributed by atoms with E-state index in [-0.39, 0.29) is 31.0 Å². The predicted octanol–water partition coefficient (Wildman–Crippen LogP) is 0.419. The number of hydrogen-bond donors (Lipinski definition) is 6. The number of nitro benzene ring substituents is 1. The fourth-order valence-electron chi connectivity index (χ4n) is 3.70. The maximum absolute atomic E-state index is 13.3. The number of nitrogens with one attached hydrogen (secondary N) is 3. The number of carbonyl (C=O) groups excluding carboxylic acids is 3. The summed E-state index contributed by atoms with van der Waals surface area (Å²) in [4.78, 5) is 53.0. The van der Waals surface area contributed by atoms with Crippen molar-refractivity contribution in [2.45, 2.75) is 57.3 Å². The first-order valence-electron chi connectivity index (χ1n) is 12.4. The molecule has 0 fully saturated rings. The molecular weight excluding hydrogens is 506 g/mol. The molecule has 2 aromatic rings. The maximum atomic E-state index is 13.3. The lowest BCUT2D eigenvalue weighted by Gasteiger charge is -2.26. The van der Waals surface area contributed by atoms with E-state index in [1.165, 1.54) is 31.2 Å². The zero-order valence-electron chi connectivity index (χ0n) is 21.9. The number of amides is 3. The van der Waals surface area contributed by atoms with Crippen molar-refractivity contribution in [1.29, 1.82) is 0 Å². The molecule has 0 saturated heterocycles. The average molecular weight is 542 g/mol. The molecular formula is C26H35N7O6. The van der Waals surface area contributed by atoms with E-state index in [4.69, 9.17) is 11.5 Å². The Bertz CT molecular complexity index is 1150. The molecule has 13 nitrogen and oxygen atoms in total. The first kappa shape index (κ1) is 30.7. The maximum Gasteiger partial charge on any atom is 0.269 e. The molecule has 0 heterocycles. The summed E-state index contributed by atoms with van der Waals surface area (Å²) < 4.78 is 0. The van der Waals surface area contributed by atoms with Crippen LogP contribution in [-0.2, 0) is 20.8 Å². The highest BCUT2D eigenvalue weighted by Crippen LogP contribution is 2.14. The standard InChI is InChI=1S/C26H35N7O6/c1-16(19-7-4-3-5-8-19)30-25(37)23(17(2)34)32-24(36)21(31-22(35)9-6-14-29-26(27)28)15-18-10-12-20(13-11-18)33(38)39/h3-5,7-8,10-13,16-17,21,23,34H,6,9,14-15H2,1-2H3,(H,30,37)(H,31,35)(H,32,36)(H4,27,28,29)/t16-,17?,21+,23+/m1/s1. The summed E-state index contributed by atoms with van der Waals surface area (Å²) >= 11 is 0. The van der Waals surface area contributed by atoms with Crippen molar-refractivity contribution >= 4 is 29.4 Å². The number of non-ortho nitro benzene ring substituents is 1. The number of rotatable bonds is 14. The molecule has 0 aliphatic heterocycles. The van der Waals surface area contributed by atoms with Gasteiger partial charge >= 0.3 is 0 Å². The summed E-state index contributed by atoms with van der Waals surface area (Å²) in [6.45, 7) is 3.36. The smallest absolute Gasteiger partial charge is 0.269 e. The minimum atomic E-state index is -1.30. The molecule has 0 aliphatic carbocycles. The number of aliphatic hydroxyl groups is 1. The molecule has 0 radical (unpaired) electrons. The molecule has 8 N–H and O–H groups in total. The quantitative estimate of drug-likeness (QED) is 0.0646. The van der Waals surface area contributed by atoms with Gasteiger partial charge in [0.1, 0.15) is 12.1 Å². The van der Waals surface area contributed by atoms with Gasteiger partial charge in [-0.05, 0) is 31.4 Å². The zero-order chi connectivity index (χ0) is 28.9. The third kappa shape index (κ3) is 10.4. The minimum absolute atomic E-state index is 0.0158. The number of aliphatic imine (C=N–C) groups is 1.